The Bertz CT molecular complexity index is 386. The van der Waals surface area contributed by atoms with Crippen molar-refractivity contribution in [2.24, 2.45) is 0 Å². The lowest BCUT2D eigenvalue weighted by Crippen LogP contribution is -2.32. The fourth-order valence-corrected chi connectivity index (χ4v) is 2.36. The van der Waals surface area contributed by atoms with Gasteiger partial charge in [0.05, 0.1) is 6.61 Å². The summed E-state index contributed by atoms with van der Waals surface area (Å²) >= 11 is 0. The lowest BCUT2D eigenvalue weighted by Gasteiger charge is -2.24. The van der Waals surface area contributed by atoms with E-state index < -0.39 is 0 Å². The average Bonchev–Trinajstić information content (AvgIpc) is 2.40. The van der Waals surface area contributed by atoms with Gasteiger partial charge in [-0.3, -0.25) is 0 Å². The molecule has 1 aliphatic rings. The van der Waals surface area contributed by atoms with Crippen molar-refractivity contribution in [3.05, 3.63) is 47.5 Å². The normalized spacial score (nSPS) is 21.4. The van der Waals surface area contributed by atoms with Crippen LogP contribution in [0.4, 0.5) is 0 Å². The molecule has 0 aromatic heterocycles. The molecule has 0 bridgehead atoms. The van der Waals surface area contributed by atoms with Crippen LogP contribution in [0.25, 0.3) is 0 Å². The van der Waals surface area contributed by atoms with Gasteiger partial charge in [0.1, 0.15) is 0 Å². The Kier molecular flexibility index (Phi) is 4.35. The molecular weight excluding hydrogens is 210 g/mol. The molecule has 0 heterocycles. The maximum Gasteiger partial charge on any atom is 0.0681 e. The van der Waals surface area contributed by atoms with Crippen LogP contribution in [0, 0.1) is 0 Å². The summed E-state index contributed by atoms with van der Waals surface area (Å²) in [5.41, 5.74) is 2.24. The highest BCUT2D eigenvalue weighted by Gasteiger charge is 2.13. The molecule has 2 unspecified atom stereocenters. The van der Waals surface area contributed by atoms with E-state index in [0.29, 0.717) is 12.1 Å². The fraction of sp³-hybridized carbons (Fsp3) is 0.467. The minimum absolute atomic E-state index is 0.118. The molecule has 17 heavy (non-hydrogen) atoms. The second-order valence-corrected chi connectivity index (χ2v) is 4.77. The van der Waals surface area contributed by atoms with Gasteiger partial charge in [-0.05, 0) is 37.3 Å². The molecular formula is C15H21NO. The van der Waals surface area contributed by atoms with Crippen molar-refractivity contribution in [1.82, 2.24) is 5.32 Å². The SMILES string of the molecule is CC(NC1CC=CCC1)c1cccc(CO)c1. The molecule has 2 atom stereocenters. The van der Waals surface area contributed by atoms with Gasteiger partial charge in [-0.15, -0.1) is 0 Å². The van der Waals surface area contributed by atoms with Crippen molar-refractivity contribution in [2.75, 3.05) is 0 Å². The van der Waals surface area contributed by atoms with Crippen LogP contribution in [0.15, 0.2) is 36.4 Å². The standard InChI is InChI=1S/C15H21NO/c1-12(16-15-8-3-2-4-9-15)14-7-5-6-13(10-14)11-17/h2-3,5-7,10,12,15-17H,4,8-9,11H2,1H3. The van der Waals surface area contributed by atoms with E-state index in [-0.39, 0.29) is 6.61 Å². The number of hydrogen-bond acceptors (Lipinski definition) is 2. The van der Waals surface area contributed by atoms with Crippen LogP contribution in [0.3, 0.4) is 0 Å². The van der Waals surface area contributed by atoms with Crippen molar-refractivity contribution in [2.45, 2.75) is 44.9 Å². The van der Waals surface area contributed by atoms with Crippen LogP contribution in [0.5, 0.6) is 0 Å². The Labute approximate surface area is 103 Å². The van der Waals surface area contributed by atoms with E-state index in [4.69, 9.17) is 5.11 Å². The van der Waals surface area contributed by atoms with Crippen molar-refractivity contribution in [3.8, 4) is 0 Å². The summed E-state index contributed by atoms with van der Waals surface area (Å²) in [5, 5.41) is 12.8. The van der Waals surface area contributed by atoms with Crippen molar-refractivity contribution < 1.29 is 5.11 Å². The van der Waals surface area contributed by atoms with E-state index in [1.54, 1.807) is 0 Å². The van der Waals surface area contributed by atoms with E-state index in [1.807, 2.05) is 12.1 Å². The smallest absolute Gasteiger partial charge is 0.0681 e. The maximum absolute atomic E-state index is 9.14. The van der Waals surface area contributed by atoms with Crippen LogP contribution in [0.2, 0.25) is 0 Å². The predicted molar refractivity (Wildman–Crippen MR) is 70.7 cm³/mol. The van der Waals surface area contributed by atoms with Crippen molar-refractivity contribution in [3.63, 3.8) is 0 Å². The molecule has 0 aliphatic heterocycles. The summed E-state index contributed by atoms with van der Waals surface area (Å²) in [6.07, 6.45) is 8.05. The summed E-state index contributed by atoms with van der Waals surface area (Å²) in [7, 11) is 0. The second kappa shape index (κ2) is 5.99. The van der Waals surface area contributed by atoms with E-state index in [9.17, 15) is 0 Å². The summed E-state index contributed by atoms with van der Waals surface area (Å²) in [4.78, 5) is 0. The number of rotatable bonds is 4. The van der Waals surface area contributed by atoms with E-state index >= 15 is 0 Å². The number of aliphatic hydroxyl groups is 1. The molecule has 1 aromatic carbocycles. The molecule has 92 valence electrons. The highest BCUT2D eigenvalue weighted by Crippen LogP contribution is 2.18. The fourth-order valence-electron chi connectivity index (χ4n) is 2.36. The first-order valence-corrected chi connectivity index (χ1v) is 6.40. The molecule has 0 amide bonds. The zero-order chi connectivity index (χ0) is 12.1. The molecule has 0 radical (unpaired) electrons. The molecule has 2 heteroatoms. The van der Waals surface area contributed by atoms with Gasteiger partial charge < -0.3 is 10.4 Å². The van der Waals surface area contributed by atoms with E-state index in [0.717, 1.165) is 12.0 Å². The molecule has 1 aliphatic carbocycles. The largest absolute Gasteiger partial charge is 0.392 e. The quantitative estimate of drug-likeness (QED) is 0.781. The average molecular weight is 231 g/mol. The summed E-state index contributed by atoms with van der Waals surface area (Å²) in [6, 6.07) is 9.11. The van der Waals surface area contributed by atoms with E-state index in [1.165, 1.54) is 18.4 Å². The predicted octanol–water partition coefficient (Wildman–Crippen LogP) is 2.94. The minimum atomic E-state index is 0.118. The molecule has 2 rings (SSSR count). The topological polar surface area (TPSA) is 32.3 Å². The molecule has 2 nitrogen and oxygen atoms in total. The number of allylic oxidation sites excluding steroid dienone is 1. The third-order valence-electron chi connectivity index (χ3n) is 3.39. The molecule has 0 spiro atoms. The van der Waals surface area contributed by atoms with Crippen LogP contribution < -0.4 is 5.32 Å². The Morgan fingerprint density at radius 2 is 2.29 bits per heavy atom. The van der Waals surface area contributed by atoms with E-state index in [2.05, 4.69) is 36.5 Å². The van der Waals surface area contributed by atoms with Gasteiger partial charge in [0.25, 0.3) is 0 Å². The number of nitrogens with one attached hydrogen (secondary N) is 1. The number of hydrogen-bond donors (Lipinski definition) is 2. The molecule has 0 fully saturated rings. The molecule has 0 saturated carbocycles. The van der Waals surface area contributed by atoms with Gasteiger partial charge in [-0.25, -0.2) is 0 Å². The van der Waals surface area contributed by atoms with Gasteiger partial charge >= 0.3 is 0 Å². The Hall–Kier alpha value is -1.12. The minimum Gasteiger partial charge on any atom is -0.392 e. The molecule has 1 aromatic rings. The highest BCUT2D eigenvalue weighted by atomic mass is 16.3. The van der Waals surface area contributed by atoms with Gasteiger partial charge in [0.15, 0.2) is 0 Å². The maximum atomic E-state index is 9.14. The third-order valence-corrected chi connectivity index (χ3v) is 3.39. The zero-order valence-corrected chi connectivity index (χ0v) is 10.4. The first kappa shape index (κ1) is 12.3. The second-order valence-electron chi connectivity index (χ2n) is 4.77. The highest BCUT2D eigenvalue weighted by molar-refractivity contribution is 5.25. The van der Waals surface area contributed by atoms with Gasteiger partial charge in [0, 0.05) is 12.1 Å². The number of aliphatic hydroxyl groups excluding tert-OH is 1. The van der Waals surface area contributed by atoms with Gasteiger partial charge in [-0.1, -0.05) is 36.4 Å². The van der Waals surface area contributed by atoms with Gasteiger partial charge in [0.2, 0.25) is 0 Å². The van der Waals surface area contributed by atoms with Crippen LogP contribution >= 0.6 is 0 Å². The van der Waals surface area contributed by atoms with Crippen LogP contribution in [-0.4, -0.2) is 11.1 Å². The van der Waals surface area contributed by atoms with Gasteiger partial charge in [-0.2, -0.15) is 0 Å². The molecule has 0 saturated heterocycles. The molecule has 2 N–H and O–H groups in total. The summed E-state index contributed by atoms with van der Waals surface area (Å²) < 4.78 is 0. The zero-order valence-electron chi connectivity index (χ0n) is 10.4. The van der Waals surface area contributed by atoms with Crippen LogP contribution in [-0.2, 0) is 6.61 Å². The summed E-state index contributed by atoms with van der Waals surface area (Å²) in [5.74, 6) is 0. The van der Waals surface area contributed by atoms with Crippen molar-refractivity contribution in [1.29, 1.82) is 0 Å². The van der Waals surface area contributed by atoms with Crippen molar-refractivity contribution >= 4 is 0 Å². The Morgan fingerprint density at radius 1 is 1.41 bits per heavy atom. The lowest BCUT2D eigenvalue weighted by molar-refractivity contribution is 0.281. The Balaban J connectivity index is 1.98. The van der Waals surface area contributed by atoms with Crippen LogP contribution in [0.1, 0.15) is 43.4 Å². The first-order chi connectivity index (χ1) is 8.29. The first-order valence-electron chi connectivity index (χ1n) is 6.40. The number of benzene rings is 1. The lowest BCUT2D eigenvalue weighted by atomic mass is 9.99. The summed E-state index contributed by atoms with van der Waals surface area (Å²) in [6.45, 7) is 2.31. The Morgan fingerprint density at radius 3 is 3.00 bits per heavy atom. The monoisotopic (exact) mass is 231 g/mol. The third kappa shape index (κ3) is 3.42.